The van der Waals surface area contributed by atoms with Gasteiger partial charge in [0.2, 0.25) is 10.9 Å². The largest absolute Gasteiger partial charge is 0.457 e. The van der Waals surface area contributed by atoms with Gasteiger partial charge in [0.05, 0.1) is 0 Å². The number of benzene rings is 2. The standard InChI is InChI=1S/C26H20Cl2N6O2S2/c1-3-22-31-32-26-34(22)33-24(38-26)15-4-7-20(14(2)10-15)29-25(37)30-23(35)9-6-19-5-8-21(36-19)16-11-17(27)13-18(28)12-16/h4-13H,3H2,1-2H3,(H2,29,30,35,37)/b9-6+. The number of furan rings is 1. The van der Waals surface area contributed by atoms with Crippen LogP contribution in [0.1, 0.15) is 24.1 Å². The number of amides is 1. The first kappa shape index (κ1) is 26.1. The Hall–Kier alpha value is -3.57. The van der Waals surface area contributed by atoms with Gasteiger partial charge in [0.15, 0.2) is 10.9 Å². The fourth-order valence-electron chi connectivity index (χ4n) is 3.69. The van der Waals surface area contributed by atoms with Crippen molar-refractivity contribution in [1.29, 1.82) is 0 Å². The molecule has 5 aromatic rings. The lowest BCUT2D eigenvalue weighted by Gasteiger charge is -2.11. The van der Waals surface area contributed by atoms with Crippen molar-refractivity contribution in [3.63, 3.8) is 0 Å². The highest BCUT2D eigenvalue weighted by molar-refractivity contribution is 7.80. The Morgan fingerprint density at radius 2 is 1.89 bits per heavy atom. The van der Waals surface area contributed by atoms with E-state index in [0.717, 1.165) is 44.6 Å². The molecule has 0 radical (unpaired) electrons. The molecule has 0 saturated heterocycles. The summed E-state index contributed by atoms with van der Waals surface area (Å²) in [5.74, 6) is 1.51. The number of anilines is 1. The number of hydrogen-bond donors (Lipinski definition) is 2. The van der Waals surface area contributed by atoms with Crippen LogP contribution in [0.5, 0.6) is 0 Å². The van der Waals surface area contributed by atoms with E-state index in [-0.39, 0.29) is 5.11 Å². The SMILES string of the molecule is CCc1nnc2sc(-c3ccc(NC(=S)NC(=O)/C=C/c4ccc(-c5cc(Cl)cc(Cl)c5)o4)c(C)c3)nn12. The second-order valence-electron chi connectivity index (χ2n) is 8.24. The third-order valence-electron chi connectivity index (χ3n) is 5.50. The maximum atomic E-state index is 12.4. The highest BCUT2D eigenvalue weighted by Crippen LogP contribution is 2.30. The van der Waals surface area contributed by atoms with Crippen molar-refractivity contribution in [2.24, 2.45) is 0 Å². The fraction of sp³-hybridized carbons (Fsp3) is 0.115. The van der Waals surface area contributed by atoms with E-state index in [1.807, 2.05) is 32.0 Å². The molecule has 3 aromatic heterocycles. The van der Waals surface area contributed by atoms with Crippen LogP contribution >= 0.6 is 46.8 Å². The topological polar surface area (TPSA) is 97.3 Å². The molecule has 0 bridgehead atoms. The third kappa shape index (κ3) is 5.78. The normalized spacial score (nSPS) is 11.4. The average molecular weight is 584 g/mol. The maximum Gasteiger partial charge on any atom is 0.250 e. The molecule has 0 fully saturated rings. The minimum Gasteiger partial charge on any atom is -0.457 e. The summed E-state index contributed by atoms with van der Waals surface area (Å²) in [4.78, 5) is 13.2. The first-order valence-electron chi connectivity index (χ1n) is 11.5. The quantitative estimate of drug-likeness (QED) is 0.167. The van der Waals surface area contributed by atoms with E-state index in [1.165, 1.54) is 17.4 Å². The summed E-state index contributed by atoms with van der Waals surface area (Å²) < 4.78 is 7.55. The van der Waals surface area contributed by atoms with Crippen molar-refractivity contribution < 1.29 is 9.21 Å². The summed E-state index contributed by atoms with van der Waals surface area (Å²) in [7, 11) is 0. The van der Waals surface area contributed by atoms with Gasteiger partial charge < -0.3 is 9.73 Å². The van der Waals surface area contributed by atoms with Gasteiger partial charge in [0, 0.05) is 39.4 Å². The Labute approximate surface area is 237 Å². The number of halogens is 2. The van der Waals surface area contributed by atoms with Crippen molar-refractivity contribution >= 4 is 74.5 Å². The number of thiocarbonyl (C=S) groups is 1. The summed E-state index contributed by atoms with van der Waals surface area (Å²) in [5, 5.41) is 20.7. The van der Waals surface area contributed by atoms with Crippen LogP contribution in [-0.2, 0) is 11.2 Å². The summed E-state index contributed by atoms with van der Waals surface area (Å²) >= 11 is 18.9. The molecular weight excluding hydrogens is 563 g/mol. The molecule has 8 nitrogen and oxygen atoms in total. The number of aromatic nitrogens is 4. The number of nitrogens with one attached hydrogen (secondary N) is 2. The van der Waals surface area contributed by atoms with Crippen LogP contribution in [0, 0.1) is 6.92 Å². The van der Waals surface area contributed by atoms with Gasteiger partial charge in [0.25, 0.3) is 0 Å². The molecule has 192 valence electrons. The highest BCUT2D eigenvalue weighted by atomic mass is 35.5. The summed E-state index contributed by atoms with van der Waals surface area (Å²) in [6.45, 7) is 3.97. The van der Waals surface area contributed by atoms with E-state index in [1.54, 1.807) is 40.9 Å². The molecular formula is C26H20Cl2N6O2S2. The summed E-state index contributed by atoms with van der Waals surface area (Å²) in [6.07, 6.45) is 3.65. The van der Waals surface area contributed by atoms with Crippen LogP contribution in [0.3, 0.4) is 0 Å². The van der Waals surface area contributed by atoms with Crippen LogP contribution in [0.2, 0.25) is 10.0 Å². The van der Waals surface area contributed by atoms with Crippen molar-refractivity contribution in [2.45, 2.75) is 20.3 Å². The van der Waals surface area contributed by atoms with Crippen LogP contribution in [0.25, 0.3) is 32.9 Å². The van der Waals surface area contributed by atoms with Gasteiger partial charge in [0.1, 0.15) is 16.5 Å². The van der Waals surface area contributed by atoms with Crippen molar-refractivity contribution in [2.75, 3.05) is 5.32 Å². The third-order valence-corrected chi connectivity index (χ3v) is 7.09. The molecule has 0 aliphatic heterocycles. The Bertz CT molecular complexity index is 1680. The van der Waals surface area contributed by atoms with Gasteiger partial charge >= 0.3 is 0 Å². The molecule has 12 heteroatoms. The minimum atomic E-state index is -0.396. The second-order valence-corrected chi connectivity index (χ2v) is 10.5. The van der Waals surface area contributed by atoms with E-state index in [0.29, 0.717) is 21.6 Å². The molecule has 0 aliphatic rings. The summed E-state index contributed by atoms with van der Waals surface area (Å²) in [6, 6.07) is 14.5. The Kier molecular flexibility index (Phi) is 7.57. The lowest BCUT2D eigenvalue weighted by molar-refractivity contribution is -0.115. The van der Waals surface area contributed by atoms with Crippen molar-refractivity contribution in [1.82, 2.24) is 25.1 Å². The van der Waals surface area contributed by atoms with Gasteiger partial charge in [-0.2, -0.15) is 9.61 Å². The van der Waals surface area contributed by atoms with Crippen LogP contribution in [0.15, 0.2) is 59.0 Å². The number of aryl methyl sites for hydroxylation is 2. The highest BCUT2D eigenvalue weighted by Gasteiger charge is 2.13. The van der Waals surface area contributed by atoms with E-state index >= 15 is 0 Å². The van der Waals surface area contributed by atoms with Crippen molar-refractivity contribution in [3.05, 3.63) is 81.8 Å². The monoisotopic (exact) mass is 582 g/mol. The van der Waals surface area contributed by atoms with E-state index in [2.05, 4.69) is 25.9 Å². The number of carbonyl (C=O) groups excluding carboxylic acids is 1. The lowest BCUT2D eigenvalue weighted by Crippen LogP contribution is -2.33. The smallest absolute Gasteiger partial charge is 0.250 e. The molecule has 2 aromatic carbocycles. The molecule has 0 unspecified atom stereocenters. The first-order valence-corrected chi connectivity index (χ1v) is 13.5. The van der Waals surface area contributed by atoms with Crippen LogP contribution in [0.4, 0.5) is 5.69 Å². The van der Waals surface area contributed by atoms with Gasteiger partial charge in [-0.15, -0.1) is 10.2 Å². The number of nitrogens with zero attached hydrogens (tertiary/aromatic N) is 4. The Balaban J connectivity index is 1.20. The molecule has 3 heterocycles. The molecule has 0 spiro atoms. The predicted octanol–water partition coefficient (Wildman–Crippen LogP) is 6.82. The predicted molar refractivity (Wildman–Crippen MR) is 156 cm³/mol. The van der Waals surface area contributed by atoms with E-state index < -0.39 is 5.91 Å². The van der Waals surface area contributed by atoms with Gasteiger partial charge in [-0.25, -0.2) is 0 Å². The molecule has 2 N–H and O–H groups in total. The number of carbonyl (C=O) groups is 1. The molecule has 0 saturated carbocycles. The van der Waals surface area contributed by atoms with Gasteiger partial charge in [-0.3, -0.25) is 10.1 Å². The maximum absolute atomic E-state index is 12.4. The Morgan fingerprint density at radius 1 is 1.11 bits per heavy atom. The van der Waals surface area contributed by atoms with Crippen LogP contribution < -0.4 is 10.6 Å². The second kappa shape index (κ2) is 11.0. The zero-order valence-corrected chi connectivity index (χ0v) is 23.3. The zero-order chi connectivity index (χ0) is 26.8. The lowest BCUT2D eigenvalue weighted by atomic mass is 10.1. The molecule has 5 rings (SSSR count). The molecule has 1 amide bonds. The minimum absolute atomic E-state index is 0.176. The van der Waals surface area contributed by atoms with Crippen molar-refractivity contribution in [3.8, 4) is 21.9 Å². The average Bonchev–Trinajstić information content (AvgIpc) is 3.59. The molecule has 38 heavy (non-hydrogen) atoms. The number of hydrogen-bond acceptors (Lipinski definition) is 7. The zero-order valence-electron chi connectivity index (χ0n) is 20.2. The van der Waals surface area contributed by atoms with Gasteiger partial charge in [-0.05, 0) is 79.3 Å². The molecule has 0 atom stereocenters. The fourth-order valence-corrected chi connectivity index (χ4v) is 5.28. The van der Waals surface area contributed by atoms with E-state index in [4.69, 9.17) is 39.8 Å². The van der Waals surface area contributed by atoms with Crippen LogP contribution in [-0.4, -0.2) is 30.8 Å². The number of rotatable bonds is 6. The Morgan fingerprint density at radius 3 is 2.63 bits per heavy atom. The first-order chi connectivity index (χ1) is 18.3. The van der Waals surface area contributed by atoms with E-state index in [9.17, 15) is 4.79 Å². The molecule has 0 aliphatic carbocycles. The summed E-state index contributed by atoms with van der Waals surface area (Å²) in [5.41, 5.74) is 3.42. The van der Waals surface area contributed by atoms with Gasteiger partial charge in [-0.1, -0.05) is 41.5 Å². The number of fused-ring (bicyclic) bond motifs is 1.